The molecule has 0 saturated carbocycles. The van der Waals surface area contributed by atoms with E-state index >= 15 is 0 Å². The molecule has 4 N–H and O–H groups in total. The Balaban J connectivity index is 1.34. The largest absolute Gasteiger partial charge is 0.481 e. The lowest BCUT2D eigenvalue weighted by molar-refractivity contribution is -0.146. The summed E-state index contributed by atoms with van der Waals surface area (Å²) >= 11 is 1.36. The first-order chi connectivity index (χ1) is 20.0. The van der Waals surface area contributed by atoms with Crippen molar-refractivity contribution < 1.29 is 19.1 Å². The Morgan fingerprint density at radius 2 is 1.98 bits per heavy atom. The van der Waals surface area contributed by atoms with Crippen molar-refractivity contribution in [2.45, 2.75) is 45.6 Å². The molecule has 1 aromatic carbocycles. The first kappa shape index (κ1) is 27.4. The molecule has 0 unspecified atom stereocenters. The second kappa shape index (κ2) is 9.94. The van der Waals surface area contributed by atoms with E-state index in [2.05, 4.69) is 30.4 Å². The van der Waals surface area contributed by atoms with Gasteiger partial charge in [-0.3, -0.25) is 9.59 Å². The fraction of sp³-hybridized carbons (Fsp3) is 0.276. The number of pyridine rings is 1. The number of carbonyl (C=O) groups excluding carboxylic acids is 1. The molecule has 11 nitrogen and oxygen atoms in total. The van der Waals surface area contributed by atoms with Crippen LogP contribution in [0.15, 0.2) is 48.0 Å². The van der Waals surface area contributed by atoms with Crippen molar-refractivity contribution >= 4 is 45.9 Å². The fourth-order valence-corrected chi connectivity index (χ4v) is 6.11. The number of rotatable bonds is 8. The number of anilines is 2. The van der Waals surface area contributed by atoms with Crippen LogP contribution in [-0.4, -0.2) is 46.7 Å². The van der Waals surface area contributed by atoms with Gasteiger partial charge in [0.25, 0.3) is 0 Å². The van der Waals surface area contributed by atoms with Crippen LogP contribution in [0.2, 0.25) is 0 Å². The Morgan fingerprint density at radius 3 is 2.74 bits per heavy atom. The summed E-state index contributed by atoms with van der Waals surface area (Å²) in [6, 6.07) is 10.0. The van der Waals surface area contributed by atoms with Crippen LogP contribution in [0.5, 0.6) is 0 Å². The summed E-state index contributed by atoms with van der Waals surface area (Å²) in [6.45, 7) is 5.20. The molecule has 0 saturated heterocycles. The summed E-state index contributed by atoms with van der Waals surface area (Å²) < 4.78 is 16.0. The van der Waals surface area contributed by atoms with Crippen molar-refractivity contribution in [3.05, 3.63) is 75.6 Å². The molecule has 1 amide bonds. The quantitative estimate of drug-likeness (QED) is 0.242. The van der Waals surface area contributed by atoms with Crippen molar-refractivity contribution in [1.29, 1.82) is 0 Å². The Kier molecular flexibility index (Phi) is 6.49. The summed E-state index contributed by atoms with van der Waals surface area (Å²) in [6.07, 6.45) is 2.13. The van der Waals surface area contributed by atoms with Crippen molar-refractivity contribution in [1.82, 2.24) is 29.7 Å². The Hall–Kier alpha value is -4.78. The van der Waals surface area contributed by atoms with E-state index in [1.165, 1.54) is 17.4 Å². The summed E-state index contributed by atoms with van der Waals surface area (Å²) in [5.74, 6) is -0.940. The third-order valence-electron chi connectivity index (χ3n) is 7.52. The summed E-state index contributed by atoms with van der Waals surface area (Å²) in [5, 5.41) is 20.1. The molecular formula is C29H27FN8O3S. The smallest absolute Gasteiger partial charge is 0.309 e. The highest BCUT2D eigenvalue weighted by Crippen LogP contribution is 2.43. The maximum atomic E-state index is 14.4. The molecule has 4 aromatic heterocycles. The molecule has 1 aliphatic heterocycles. The van der Waals surface area contributed by atoms with Crippen LogP contribution in [-0.2, 0) is 34.4 Å². The molecule has 5 aromatic rings. The van der Waals surface area contributed by atoms with E-state index in [0.29, 0.717) is 38.6 Å². The van der Waals surface area contributed by atoms with Gasteiger partial charge in [-0.15, -0.1) is 11.3 Å². The number of nitrogens with one attached hydrogen (secondary N) is 1. The summed E-state index contributed by atoms with van der Waals surface area (Å²) in [5.41, 5.74) is 6.92. The van der Waals surface area contributed by atoms with Gasteiger partial charge in [-0.25, -0.2) is 29.0 Å². The number of aromatic nitrogens is 6. The lowest BCUT2D eigenvalue weighted by Crippen LogP contribution is -2.34. The first-order valence-corrected chi connectivity index (χ1v) is 14.1. The minimum absolute atomic E-state index is 0.125. The molecule has 1 aliphatic rings. The zero-order chi connectivity index (χ0) is 29.8. The normalized spacial score (nSPS) is 16.5. The Morgan fingerprint density at radius 1 is 1.19 bits per heavy atom. The summed E-state index contributed by atoms with van der Waals surface area (Å²) in [4.78, 5) is 43.2. The predicted molar refractivity (Wildman–Crippen MR) is 155 cm³/mol. The van der Waals surface area contributed by atoms with E-state index in [0.717, 1.165) is 0 Å². The lowest BCUT2D eigenvalue weighted by atomic mass is 9.81. The van der Waals surface area contributed by atoms with Crippen LogP contribution < -0.4 is 11.1 Å². The van der Waals surface area contributed by atoms with Gasteiger partial charge in [0.05, 0.1) is 39.0 Å². The molecule has 0 spiro atoms. The minimum Gasteiger partial charge on any atom is -0.481 e. The lowest BCUT2D eigenvalue weighted by Gasteiger charge is -2.21. The molecule has 42 heavy (non-hydrogen) atoms. The van der Waals surface area contributed by atoms with Crippen molar-refractivity contribution in [3.8, 4) is 11.5 Å². The van der Waals surface area contributed by atoms with Gasteiger partial charge in [0.1, 0.15) is 23.1 Å². The number of nitrogen functional groups attached to an aromatic ring is 1. The average Bonchev–Trinajstić information content (AvgIpc) is 3.59. The predicted octanol–water partition coefficient (Wildman–Crippen LogP) is 4.22. The number of halogens is 1. The number of carboxylic acids is 1. The highest BCUT2D eigenvalue weighted by atomic mass is 32.1. The Bertz CT molecular complexity index is 1880. The maximum absolute atomic E-state index is 14.4. The topological polar surface area (TPSA) is 162 Å². The van der Waals surface area contributed by atoms with E-state index in [9.17, 15) is 19.1 Å². The van der Waals surface area contributed by atoms with Gasteiger partial charge in [-0.2, -0.15) is 5.10 Å². The van der Waals surface area contributed by atoms with Gasteiger partial charge in [-0.05, 0) is 39.0 Å². The molecule has 0 fully saturated rings. The minimum atomic E-state index is -1.09. The number of carbonyl (C=O) groups is 2. The van der Waals surface area contributed by atoms with Gasteiger partial charge >= 0.3 is 5.97 Å². The molecule has 214 valence electrons. The monoisotopic (exact) mass is 586 g/mol. The standard InChI is InChI=1S/C29H27FN8O3S/c1-28(2,27(40)41)11-16-14-42-19(33-16)12-29(3)20-22(31)34-24(35-23(20)36-26(29)39)21-17-8-6-10-32-25(17)38(37-21)13-15-7-4-5-9-18(15)30/h4-10,14H,11-13H2,1-3H3,(H,40,41)(H3,31,34,35,36,39)/t29-/m0/s1. The molecule has 0 radical (unpaired) electrons. The highest BCUT2D eigenvalue weighted by Gasteiger charge is 2.47. The number of aliphatic carboxylic acids is 1. The van der Waals surface area contributed by atoms with E-state index in [-0.39, 0.29) is 48.6 Å². The van der Waals surface area contributed by atoms with Crippen molar-refractivity contribution in [2.75, 3.05) is 11.1 Å². The van der Waals surface area contributed by atoms with Crippen LogP contribution in [0.25, 0.3) is 22.6 Å². The SMILES string of the molecule is CC(C)(Cc1csc(C[C@]2(C)C(=O)Nc3nc(-c4nn(Cc5ccccc5F)c5ncccc45)nc(N)c32)n1)C(=O)O. The van der Waals surface area contributed by atoms with E-state index in [1.807, 2.05) is 11.4 Å². The number of carboxylic acid groups (broad SMARTS) is 1. The summed E-state index contributed by atoms with van der Waals surface area (Å²) in [7, 11) is 0. The molecule has 0 aliphatic carbocycles. The number of hydrogen-bond acceptors (Lipinski definition) is 9. The van der Waals surface area contributed by atoms with Gasteiger partial charge in [0.2, 0.25) is 5.91 Å². The average molecular weight is 587 g/mol. The molecule has 5 heterocycles. The van der Waals surface area contributed by atoms with Crippen LogP contribution in [0.1, 0.15) is 42.6 Å². The second-order valence-electron chi connectivity index (χ2n) is 11.2. The van der Waals surface area contributed by atoms with Crippen LogP contribution in [0.4, 0.5) is 16.0 Å². The van der Waals surface area contributed by atoms with E-state index < -0.39 is 16.8 Å². The van der Waals surface area contributed by atoms with Crippen LogP contribution >= 0.6 is 11.3 Å². The molecular weight excluding hydrogens is 559 g/mol. The first-order valence-electron chi connectivity index (χ1n) is 13.2. The van der Waals surface area contributed by atoms with E-state index in [1.54, 1.807) is 55.9 Å². The molecule has 13 heteroatoms. The van der Waals surface area contributed by atoms with Gasteiger partial charge in [0.15, 0.2) is 11.5 Å². The third kappa shape index (κ3) is 4.65. The van der Waals surface area contributed by atoms with Crippen molar-refractivity contribution in [3.63, 3.8) is 0 Å². The maximum Gasteiger partial charge on any atom is 0.309 e. The van der Waals surface area contributed by atoms with E-state index in [4.69, 9.17) is 5.73 Å². The highest BCUT2D eigenvalue weighted by molar-refractivity contribution is 7.09. The number of thiazole rings is 1. The number of benzene rings is 1. The number of nitrogens with zero attached hydrogens (tertiary/aromatic N) is 6. The van der Waals surface area contributed by atoms with Crippen LogP contribution in [0, 0.1) is 11.2 Å². The fourth-order valence-electron chi connectivity index (χ4n) is 5.16. The Labute approximate surface area is 243 Å². The van der Waals surface area contributed by atoms with Gasteiger partial charge < -0.3 is 16.2 Å². The van der Waals surface area contributed by atoms with Gasteiger partial charge in [0, 0.05) is 30.0 Å². The van der Waals surface area contributed by atoms with Crippen LogP contribution in [0.3, 0.4) is 0 Å². The van der Waals surface area contributed by atoms with Crippen molar-refractivity contribution in [2.24, 2.45) is 5.41 Å². The number of amides is 1. The molecule has 1 atom stereocenters. The zero-order valence-corrected chi connectivity index (χ0v) is 23.9. The third-order valence-corrected chi connectivity index (χ3v) is 8.42. The molecule has 0 bridgehead atoms. The number of fused-ring (bicyclic) bond motifs is 2. The second-order valence-corrected chi connectivity index (χ2v) is 12.1. The zero-order valence-electron chi connectivity index (χ0n) is 23.1. The molecule has 6 rings (SSSR count). The number of nitrogens with two attached hydrogens (primary N) is 1. The van der Waals surface area contributed by atoms with Gasteiger partial charge in [-0.1, -0.05) is 18.2 Å². The number of hydrogen-bond donors (Lipinski definition) is 3.